The predicted molar refractivity (Wildman–Crippen MR) is 183 cm³/mol. The summed E-state index contributed by atoms with van der Waals surface area (Å²) in [4.78, 5) is 29.9. The molecule has 0 aliphatic heterocycles. The fraction of sp³-hybridized carbons (Fsp3) is 0.278. The molecule has 0 saturated heterocycles. The number of anilines is 1. The summed E-state index contributed by atoms with van der Waals surface area (Å²) in [6, 6.07) is 26.1. The second-order valence-electron chi connectivity index (χ2n) is 11.6. The van der Waals surface area contributed by atoms with E-state index in [0.717, 1.165) is 42.0 Å². The third kappa shape index (κ3) is 8.71. The number of nitrogens with zero attached hydrogens (tertiary/aromatic N) is 2. The fourth-order valence-corrected chi connectivity index (χ4v) is 7.70. The van der Waals surface area contributed by atoms with Crippen LogP contribution in [0.3, 0.4) is 0 Å². The summed E-state index contributed by atoms with van der Waals surface area (Å²) in [7, 11) is -4.36. The average molecular weight is 697 g/mol. The van der Waals surface area contributed by atoms with Crippen molar-refractivity contribution in [3.05, 3.63) is 130 Å². The Bertz CT molecular complexity index is 1790. The SMILES string of the molecule is O=C(NC1CCCCC1)[C@@H](Cc1ccccc1)N(Cc1ccccc1F)C(=O)CN(c1cc(Cl)ccc1Cl)S(=O)(=O)c1ccccc1. The van der Waals surface area contributed by atoms with Gasteiger partial charge < -0.3 is 10.2 Å². The van der Waals surface area contributed by atoms with Gasteiger partial charge in [0.05, 0.1) is 15.6 Å². The minimum atomic E-state index is -4.36. The summed E-state index contributed by atoms with van der Waals surface area (Å²) in [6.45, 7) is -1.00. The zero-order chi connectivity index (χ0) is 33.4. The molecule has 0 radical (unpaired) electrons. The van der Waals surface area contributed by atoms with Crippen molar-refractivity contribution >= 4 is 50.7 Å². The third-order valence-electron chi connectivity index (χ3n) is 8.31. The van der Waals surface area contributed by atoms with Crippen LogP contribution in [0.2, 0.25) is 10.0 Å². The molecule has 246 valence electrons. The molecular weight excluding hydrogens is 660 g/mol. The summed E-state index contributed by atoms with van der Waals surface area (Å²) in [5, 5.41) is 3.40. The van der Waals surface area contributed by atoms with Crippen molar-refractivity contribution < 1.29 is 22.4 Å². The lowest BCUT2D eigenvalue weighted by atomic mass is 9.94. The molecule has 1 aliphatic carbocycles. The molecule has 4 aromatic carbocycles. The standard InChI is InChI=1S/C36H36Cl2FN3O4S/c37-28-20-21-31(38)33(23-28)42(47(45,46)30-17-8-3-9-18-30)25-35(43)41(24-27-14-10-11-19-32(27)39)34(22-26-12-4-1-5-13-26)36(44)40-29-15-6-2-7-16-29/h1,3-5,8-14,17-21,23,29,34H,2,6-7,15-16,22,24-25H2,(H,40,44)/t34-/m1/s1. The average Bonchev–Trinajstić information content (AvgIpc) is 3.08. The first-order valence-electron chi connectivity index (χ1n) is 15.5. The molecule has 1 aliphatic rings. The van der Waals surface area contributed by atoms with Gasteiger partial charge >= 0.3 is 0 Å². The number of nitrogens with one attached hydrogen (secondary N) is 1. The summed E-state index contributed by atoms with van der Waals surface area (Å²) >= 11 is 12.8. The predicted octanol–water partition coefficient (Wildman–Crippen LogP) is 7.42. The van der Waals surface area contributed by atoms with Crippen LogP contribution < -0.4 is 9.62 Å². The second kappa shape index (κ2) is 15.8. The van der Waals surface area contributed by atoms with Gasteiger partial charge in [0.25, 0.3) is 10.0 Å². The first-order valence-corrected chi connectivity index (χ1v) is 17.7. The van der Waals surface area contributed by atoms with Crippen LogP contribution >= 0.6 is 23.2 Å². The zero-order valence-electron chi connectivity index (χ0n) is 25.7. The number of halogens is 3. The highest BCUT2D eigenvalue weighted by Crippen LogP contribution is 2.33. The van der Waals surface area contributed by atoms with Crippen molar-refractivity contribution in [2.24, 2.45) is 0 Å². The second-order valence-corrected chi connectivity index (χ2v) is 14.3. The lowest BCUT2D eigenvalue weighted by Crippen LogP contribution is -2.55. The number of carbonyl (C=O) groups is 2. The molecule has 0 heterocycles. The molecule has 11 heteroatoms. The van der Waals surface area contributed by atoms with E-state index in [1.54, 1.807) is 30.3 Å². The van der Waals surface area contributed by atoms with Crippen molar-refractivity contribution in [3.8, 4) is 0 Å². The van der Waals surface area contributed by atoms with Gasteiger partial charge in [0.1, 0.15) is 18.4 Å². The monoisotopic (exact) mass is 695 g/mol. The van der Waals surface area contributed by atoms with E-state index in [1.165, 1.54) is 47.4 Å². The van der Waals surface area contributed by atoms with E-state index in [9.17, 15) is 18.0 Å². The molecule has 1 N–H and O–H groups in total. The molecule has 1 atom stereocenters. The van der Waals surface area contributed by atoms with Gasteiger partial charge in [-0.1, -0.05) is 109 Å². The molecule has 2 amide bonds. The summed E-state index contributed by atoms with van der Waals surface area (Å²) in [5.41, 5.74) is 0.963. The molecule has 1 saturated carbocycles. The number of benzene rings is 4. The number of rotatable bonds is 12. The lowest BCUT2D eigenvalue weighted by molar-refractivity contribution is -0.140. The number of hydrogen-bond acceptors (Lipinski definition) is 4. The van der Waals surface area contributed by atoms with Gasteiger partial charge in [0.15, 0.2) is 0 Å². The smallest absolute Gasteiger partial charge is 0.264 e. The van der Waals surface area contributed by atoms with Crippen molar-refractivity contribution in [2.75, 3.05) is 10.8 Å². The first-order chi connectivity index (χ1) is 22.6. The molecular formula is C36H36Cl2FN3O4S. The van der Waals surface area contributed by atoms with E-state index in [-0.39, 0.29) is 51.1 Å². The number of hydrogen-bond donors (Lipinski definition) is 1. The van der Waals surface area contributed by atoms with Crippen LogP contribution in [0, 0.1) is 5.82 Å². The highest BCUT2D eigenvalue weighted by molar-refractivity contribution is 7.92. The first kappa shape index (κ1) is 34.4. The van der Waals surface area contributed by atoms with E-state index in [0.29, 0.717) is 0 Å². The maximum atomic E-state index is 15.1. The maximum Gasteiger partial charge on any atom is 0.264 e. The van der Waals surface area contributed by atoms with Crippen molar-refractivity contribution in [1.82, 2.24) is 10.2 Å². The highest BCUT2D eigenvalue weighted by atomic mass is 35.5. The Morgan fingerprint density at radius 3 is 2.17 bits per heavy atom. The molecule has 0 bridgehead atoms. The minimum absolute atomic E-state index is 0.00604. The molecule has 7 nitrogen and oxygen atoms in total. The highest BCUT2D eigenvalue weighted by Gasteiger charge is 2.36. The van der Waals surface area contributed by atoms with Gasteiger partial charge in [-0.05, 0) is 54.8 Å². The molecule has 0 spiro atoms. The minimum Gasteiger partial charge on any atom is -0.352 e. The summed E-state index contributed by atoms with van der Waals surface area (Å²) in [5.74, 6) is -1.66. The van der Waals surface area contributed by atoms with Gasteiger partial charge in [0, 0.05) is 29.6 Å². The number of carbonyl (C=O) groups excluding carboxylic acids is 2. The van der Waals surface area contributed by atoms with E-state index in [2.05, 4.69) is 5.32 Å². The number of sulfonamides is 1. The molecule has 4 aromatic rings. The Hall–Kier alpha value is -3.92. The molecule has 47 heavy (non-hydrogen) atoms. The summed E-state index contributed by atoms with van der Waals surface area (Å²) < 4.78 is 44.3. The van der Waals surface area contributed by atoms with Gasteiger partial charge in [-0.15, -0.1) is 0 Å². The maximum absolute atomic E-state index is 15.1. The largest absolute Gasteiger partial charge is 0.352 e. The topological polar surface area (TPSA) is 86.8 Å². The van der Waals surface area contributed by atoms with Crippen LogP contribution in [0.25, 0.3) is 0 Å². The van der Waals surface area contributed by atoms with Crippen LogP contribution in [0.15, 0.2) is 108 Å². The van der Waals surface area contributed by atoms with Crippen LogP contribution in [0.1, 0.15) is 43.2 Å². The van der Waals surface area contributed by atoms with E-state index < -0.39 is 34.3 Å². The molecule has 1 fully saturated rings. The van der Waals surface area contributed by atoms with E-state index in [4.69, 9.17) is 23.2 Å². The Labute approximate surface area is 285 Å². The zero-order valence-corrected chi connectivity index (χ0v) is 28.0. The van der Waals surface area contributed by atoms with Gasteiger partial charge in [-0.3, -0.25) is 13.9 Å². The lowest BCUT2D eigenvalue weighted by Gasteiger charge is -2.35. The van der Waals surface area contributed by atoms with Crippen molar-refractivity contribution in [1.29, 1.82) is 0 Å². The Morgan fingerprint density at radius 1 is 0.851 bits per heavy atom. The normalized spacial score (nSPS) is 14.3. The Kier molecular flexibility index (Phi) is 11.6. The van der Waals surface area contributed by atoms with Crippen molar-refractivity contribution in [3.63, 3.8) is 0 Å². The third-order valence-corrected chi connectivity index (χ3v) is 10.6. The van der Waals surface area contributed by atoms with Crippen molar-refractivity contribution in [2.45, 2.75) is 62.0 Å². The van der Waals surface area contributed by atoms with Gasteiger partial charge in [0.2, 0.25) is 11.8 Å². The quantitative estimate of drug-likeness (QED) is 0.167. The van der Waals surface area contributed by atoms with Crippen LogP contribution in [-0.4, -0.2) is 43.8 Å². The molecule has 0 aromatic heterocycles. The Morgan fingerprint density at radius 2 is 1.49 bits per heavy atom. The van der Waals surface area contributed by atoms with Gasteiger partial charge in [-0.25, -0.2) is 12.8 Å². The van der Waals surface area contributed by atoms with E-state index in [1.807, 2.05) is 30.3 Å². The molecule has 0 unspecified atom stereocenters. The van der Waals surface area contributed by atoms with Crippen LogP contribution in [0.4, 0.5) is 10.1 Å². The van der Waals surface area contributed by atoms with Gasteiger partial charge in [-0.2, -0.15) is 0 Å². The summed E-state index contributed by atoms with van der Waals surface area (Å²) in [6.07, 6.45) is 4.83. The Balaban J connectivity index is 1.59. The fourth-order valence-electron chi connectivity index (χ4n) is 5.82. The van der Waals surface area contributed by atoms with E-state index >= 15 is 4.39 Å². The van der Waals surface area contributed by atoms with Crippen LogP contribution in [-0.2, 0) is 32.6 Å². The number of amides is 2. The van der Waals surface area contributed by atoms with Crippen LogP contribution in [0.5, 0.6) is 0 Å². The molecule has 5 rings (SSSR count).